The van der Waals surface area contributed by atoms with Gasteiger partial charge in [-0.15, -0.1) is 0 Å². The maximum Gasteiger partial charge on any atom is 0.255 e. The van der Waals surface area contributed by atoms with Crippen LogP contribution in [-0.2, 0) is 0 Å². The molecule has 0 spiro atoms. The van der Waals surface area contributed by atoms with Crippen molar-refractivity contribution in [1.82, 2.24) is 4.98 Å². The Balaban J connectivity index is 1.73. The lowest BCUT2D eigenvalue weighted by atomic mass is 10.2. The van der Waals surface area contributed by atoms with Crippen LogP contribution in [0.2, 0.25) is 0 Å². The first-order valence-electron chi connectivity index (χ1n) is 8.46. The molecule has 0 aliphatic heterocycles. The van der Waals surface area contributed by atoms with E-state index in [4.69, 9.17) is 4.74 Å². The zero-order valence-corrected chi connectivity index (χ0v) is 14.8. The summed E-state index contributed by atoms with van der Waals surface area (Å²) in [5.41, 5.74) is 2.26. The van der Waals surface area contributed by atoms with E-state index in [1.54, 1.807) is 60.8 Å². The van der Waals surface area contributed by atoms with Gasteiger partial charge in [0.2, 0.25) is 0 Å². The second-order valence-corrected chi connectivity index (χ2v) is 5.62. The van der Waals surface area contributed by atoms with Gasteiger partial charge in [0, 0.05) is 17.4 Å². The minimum absolute atomic E-state index is 0.252. The number of hydrogen-bond acceptors (Lipinski definition) is 5. The number of rotatable bonds is 6. The second-order valence-electron chi connectivity index (χ2n) is 5.62. The normalized spacial score (nSPS) is 9.93. The van der Waals surface area contributed by atoms with E-state index in [1.807, 2.05) is 13.0 Å². The Kier molecular flexibility index (Phi) is 5.65. The van der Waals surface area contributed by atoms with Crippen molar-refractivity contribution in [2.75, 3.05) is 17.2 Å². The lowest BCUT2D eigenvalue weighted by Gasteiger charge is -2.10. The molecule has 0 aliphatic carbocycles. The van der Waals surface area contributed by atoms with E-state index in [0.29, 0.717) is 34.9 Å². The zero-order chi connectivity index (χ0) is 19.1. The van der Waals surface area contributed by atoms with Crippen molar-refractivity contribution in [3.8, 4) is 11.8 Å². The van der Waals surface area contributed by atoms with Gasteiger partial charge in [-0.2, -0.15) is 5.26 Å². The molecular weight excluding hydrogens is 340 g/mol. The molecule has 1 amide bonds. The van der Waals surface area contributed by atoms with Gasteiger partial charge >= 0.3 is 0 Å². The number of nitrogens with one attached hydrogen (secondary N) is 2. The summed E-state index contributed by atoms with van der Waals surface area (Å²) in [6.07, 6.45) is 1.55. The zero-order valence-electron chi connectivity index (χ0n) is 14.8. The average molecular weight is 358 g/mol. The van der Waals surface area contributed by atoms with Crippen molar-refractivity contribution >= 4 is 23.1 Å². The van der Waals surface area contributed by atoms with Crippen molar-refractivity contribution < 1.29 is 9.53 Å². The third-order valence-corrected chi connectivity index (χ3v) is 3.76. The average Bonchev–Trinajstić information content (AvgIpc) is 2.70. The summed E-state index contributed by atoms with van der Waals surface area (Å²) in [4.78, 5) is 16.7. The molecule has 134 valence electrons. The number of nitriles is 1. The third kappa shape index (κ3) is 4.61. The lowest BCUT2D eigenvalue weighted by Crippen LogP contribution is -2.12. The number of ether oxygens (including phenoxy) is 1. The molecule has 3 rings (SSSR count). The van der Waals surface area contributed by atoms with Crippen molar-refractivity contribution in [2.24, 2.45) is 0 Å². The van der Waals surface area contributed by atoms with Crippen LogP contribution in [0.25, 0.3) is 0 Å². The SMILES string of the molecule is CCOc1ccc(NC(=O)c2ccnc(Nc3ccccc3C#N)c2)cc1. The first-order chi connectivity index (χ1) is 13.2. The number of carbonyl (C=O) groups is 1. The predicted octanol–water partition coefficient (Wildman–Crippen LogP) is 4.35. The molecule has 3 aromatic rings. The molecule has 0 bridgehead atoms. The predicted molar refractivity (Wildman–Crippen MR) is 104 cm³/mol. The summed E-state index contributed by atoms with van der Waals surface area (Å²) in [5, 5.41) is 15.1. The number of pyridine rings is 1. The highest BCUT2D eigenvalue weighted by atomic mass is 16.5. The third-order valence-electron chi connectivity index (χ3n) is 3.76. The fourth-order valence-corrected chi connectivity index (χ4v) is 2.47. The number of hydrogen-bond donors (Lipinski definition) is 2. The monoisotopic (exact) mass is 358 g/mol. The molecule has 6 heteroatoms. The Hall–Kier alpha value is -3.85. The summed E-state index contributed by atoms with van der Waals surface area (Å²) in [6.45, 7) is 2.51. The quantitative estimate of drug-likeness (QED) is 0.684. The molecule has 2 aromatic carbocycles. The highest BCUT2D eigenvalue weighted by molar-refractivity contribution is 6.04. The van der Waals surface area contributed by atoms with E-state index in [-0.39, 0.29) is 5.91 Å². The van der Waals surface area contributed by atoms with Gasteiger partial charge in [-0.05, 0) is 55.5 Å². The number of para-hydroxylation sites is 1. The molecule has 1 aromatic heterocycles. The Labute approximate surface area is 157 Å². The van der Waals surface area contributed by atoms with Crippen LogP contribution >= 0.6 is 0 Å². The Bertz CT molecular complexity index is 978. The summed E-state index contributed by atoms with van der Waals surface area (Å²) in [6, 6.07) is 19.7. The summed E-state index contributed by atoms with van der Waals surface area (Å²) >= 11 is 0. The Morgan fingerprint density at radius 2 is 1.93 bits per heavy atom. The minimum Gasteiger partial charge on any atom is -0.494 e. The van der Waals surface area contributed by atoms with Gasteiger partial charge < -0.3 is 15.4 Å². The van der Waals surface area contributed by atoms with Crippen molar-refractivity contribution in [3.63, 3.8) is 0 Å². The highest BCUT2D eigenvalue weighted by Gasteiger charge is 2.09. The first-order valence-corrected chi connectivity index (χ1v) is 8.46. The number of nitrogens with zero attached hydrogens (tertiary/aromatic N) is 2. The summed E-state index contributed by atoms with van der Waals surface area (Å²) in [7, 11) is 0. The fraction of sp³-hybridized carbons (Fsp3) is 0.0952. The largest absolute Gasteiger partial charge is 0.494 e. The van der Waals surface area contributed by atoms with Crippen LogP contribution in [-0.4, -0.2) is 17.5 Å². The second kappa shape index (κ2) is 8.50. The van der Waals surface area contributed by atoms with Gasteiger partial charge in [0.05, 0.1) is 17.9 Å². The molecule has 0 saturated carbocycles. The molecule has 0 aliphatic rings. The van der Waals surface area contributed by atoms with E-state index in [0.717, 1.165) is 5.75 Å². The van der Waals surface area contributed by atoms with E-state index in [1.165, 1.54) is 0 Å². The molecule has 0 unspecified atom stereocenters. The molecule has 0 fully saturated rings. The number of anilines is 3. The van der Waals surface area contributed by atoms with Crippen LogP contribution in [0.5, 0.6) is 5.75 Å². The molecule has 0 atom stereocenters. The standard InChI is InChI=1S/C21H18N4O2/c1-2-27-18-9-7-17(8-10-18)24-21(26)15-11-12-23-20(13-15)25-19-6-4-3-5-16(19)14-22/h3-13H,2H2,1H3,(H,23,25)(H,24,26). The van der Waals surface area contributed by atoms with Crippen LogP contribution in [0.3, 0.4) is 0 Å². The molecule has 6 nitrogen and oxygen atoms in total. The Morgan fingerprint density at radius 1 is 1.15 bits per heavy atom. The van der Waals surface area contributed by atoms with Gasteiger partial charge in [0.25, 0.3) is 5.91 Å². The van der Waals surface area contributed by atoms with Crippen LogP contribution in [0.15, 0.2) is 66.9 Å². The van der Waals surface area contributed by atoms with Crippen LogP contribution in [0.4, 0.5) is 17.2 Å². The van der Waals surface area contributed by atoms with Gasteiger partial charge in [0.15, 0.2) is 0 Å². The number of benzene rings is 2. The van der Waals surface area contributed by atoms with E-state index >= 15 is 0 Å². The topological polar surface area (TPSA) is 87.0 Å². The van der Waals surface area contributed by atoms with Crippen molar-refractivity contribution in [2.45, 2.75) is 6.92 Å². The molecule has 0 saturated heterocycles. The van der Waals surface area contributed by atoms with Gasteiger partial charge in [-0.25, -0.2) is 4.98 Å². The van der Waals surface area contributed by atoms with Gasteiger partial charge in [0.1, 0.15) is 17.6 Å². The van der Waals surface area contributed by atoms with Crippen molar-refractivity contribution in [3.05, 3.63) is 78.0 Å². The summed E-state index contributed by atoms with van der Waals surface area (Å²) < 4.78 is 5.39. The van der Waals surface area contributed by atoms with Crippen LogP contribution < -0.4 is 15.4 Å². The number of carbonyl (C=O) groups excluding carboxylic acids is 1. The van der Waals surface area contributed by atoms with Gasteiger partial charge in [-0.3, -0.25) is 4.79 Å². The van der Waals surface area contributed by atoms with E-state index in [2.05, 4.69) is 21.7 Å². The van der Waals surface area contributed by atoms with Gasteiger partial charge in [-0.1, -0.05) is 12.1 Å². The maximum atomic E-state index is 12.5. The molecule has 1 heterocycles. The number of aromatic nitrogens is 1. The molecular formula is C21H18N4O2. The minimum atomic E-state index is -0.252. The highest BCUT2D eigenvalue weighted by Crippen LogP contribution is 2.20. The first kappa shape index (κ1) is 18.0. The van der Waals surface area contributed by atoms with E-state index in [9.17, 15) is 10.1 Å². The van der Waals surface area contributed by atoms with Crippen LogP contribution in [0.1, 0.15) is 22.8 Å². The van der Waals surface area contributed by atoms with E-state index < -0.39 is 0 Å². The fourth-order valence-electron chi connectivity index (χ4n) is 2.47. The molecule has 0 radical (unpaired) electrons. The Morgan fingerprint density at radius 3 is 2.67 bits per heavy atom. The smallest absolute Gasteiger partial charge is 0.255 e. The summed E-state index contributed by atoms with van der Waals surface area (Å²) in [5.74, 6) is 0.984. The maximum absolute atomic E-state index is 12.5. The lowest BCUT2D eigenvalue weighted by molar-refractivity contribution is 0.102. The molecule has 2 N–H and O–H groups in total. The molecule has 27 heavy (non-hydrogen) atoms. The number of amides is 1. The van der Waals surface area contributed by atoms with Crippen LogP contribution in [0, 0.1) is 11.3 Å². The van der Waals surface area contributed by atoms with Crippen molar-refractivity contribution in [1.29, 1.82) is 5.26 Å².